The summed E-state index contributed by atoms with van der Waals surface area (Å²) in [5.74, 6) is 0. The van der Waals surface area contributed by atoms with Crippen molar-refractivity contribution in [1.29, 1.82) is 5.26 Å². The van der Waals surface area contributed by atoms with Crippen LogP contribution in [0.5, 0.6) is 0 Å². The molecule has 0 fully saturated rings. The molecule has 0 saturated heterocycles. The Labute approximate surface area is 84.3 Å². The summed E-state index contributed by atoms with van der Waals surface area (Å²) in [6.45, 7) is 2.68. The van der Waals surface area contributed by atoms with Gasteiger partial charge in [0.25, 0.3) is 0 Å². The number of nitrogens with two attached hydrogens (primary N) is 2. The van der Waals surface area contributed by atoms with Crippen LogP contribution in [0.4, 0.5) is 0 Å². The summed E-state index contributed by atoms with van der Waals surface area (Å²) >= 11 is 0. The lowest BCUT2D eigenvalue weighted by molar-refractivity contribution is 0.623. The van der Waals surface area contributed by atoms with Gasteiger partial charge in [-0.1, -0.05) is 24.3 Å². The second-order valence-electron chi connectivity index (χ2n) is 3.55. The molecule has 1 unspecified atom stereocenters. The monoisotopic (exact) mass is 189 g/mol. The molecular weight excluding hydrogens is 174 g/mol. The lowest BCUT2D eigenvalue weighted by atomic mass is 9.84. The second kappa shape index (κ2) is 4.23. The van der Waals surface area contributed by atoms with Crippen molar-refractivity contribution in [2.45, 2.75) is 18.9 Å². The summed E-state index contributed by atoms with van der Waals surface area (Å²) < 4.78 is 0. The Bertz CT molecular complexity index is 337. The summed E-state index contributed by atoms with van der Waals surface area (Å²) in [6, 6.07) is 9.92. The average Bonchev–Trinajstić information content (AvgIpc) is 2.28. The summed E-state index contributed by atoms with van der Waals surface area (Å²) in [5, 5.41) is 9.01. The Hall–Kier alpha value is -1.37. The van der Waals surface area contributed by atoms with E-state index in [1.54, 1.807) is 0 Å². The maximum atomic E-state index is 9.01. The molecule has 74 valence electrons. The minimum absolute atomic E-state index is 0.325. The van der Waals surface area contributed by atoms with Crippen molar-refractivity contribution >= 4 is 0 Å². The fraction of sp³-hybridized carbons (Fsp3) is 0.364. The number of rotatable bonds is 3. The molecule has 1 rings (SSSR count). The first-order valence-corrected chi connectivity index (χ1v) is 4.57. The molecule has 4 N–H and O–H groups in total. The van der Waals surface area contributed by atoms with Crippen LogP contribution in [0.15, 0.2) is 24.3 Å². The molecular formula is C11H15N3. The van der Waals surface area contributed by atoms with Crippen molar-refractivity contribution in [2.75, 3.05) is 6.54 Å². The molecule has 0 heterocycles. The Morgan fingerprint density at radius 3 is 2.21 bits per heavy atom. The van der Waals surface area contributed by atoms with Crippen molar-refractivity contribution in [1.82, 2.24) is 0 Å². The van der Waals surface area contributed by atoms with Gasteiger partial charge in [0.2, 0.25) is 0 Å². The standard InChI is InChI=1S/C11H15N3/c1-11(7-13,8-14)10-4-2-9(6-12)3-5-10/h2-5H,6-7,12-13H2,1H3. The van der Waals surface area contributed by atoms with E-state index in [1.807, 2.05) is 31.2 Å². The predicted molar refractivity (Wildman–Crippen MR) is 56.4 cm³/mol. The molecule has 1 aromatic rings. The first-order chi connectivity index (χ1) is 6.66. The SMILES string of the molecule is CC(C#N)(CN)c1ccc(CN)cc1. The zero-order valence-corrected chi connectivity index (χ0v) is 8.33. The second-order valence-corrected chi connectivity index (χ2v) is 3.55. The van der Waals surface area contributed by atoms with E-state index in [1.165, 1.54) is 0 Å². The predicted octanol–water partition coefficient (Wildman–Crippen LogP) is 0.885. The molecule has 0 radical (unpaired) electrons. The van der Waals surface area contributed by atoms with Gasteiger partial charge in [-0.3, -0.25) is 0 Å². The van der Waals surface area contributed by atoms with Gasteiger partial charge in [0.05, 0.1) is 11.5 Å². The van der Waals surface area contributed by atoms with Crippen molar-refractivity contribution in [3.63, 3.8) is 0 Å². The lowest BCUT2D eigenvalue weighted by Gasteiger charge is -2.19. The quantitative estimate of drug-likeness (QED) is 0.741. The van der Waals surface area contributed by atoms with Gasteiger partial charge in [-0.25, -0.2) is 0 Å². The van der Waals surface area contributed by atoms with Crippen LogP contribution < -0.4 is 11.5 Å². The van der Waals surface area contributed by atoms with Gasteiger partial charge >= 0.3 is 0 Å². The van der Waals surface area contributed by atoms with E-state index >= 15 is 0 Å². The Morgan fingerprint density at radius 2 is 1.86 bits per heavy atom. The topological polar surface area (TPSA) is 75.8 Å². The van der Waals surface area contributed by atoms with Crippen LogP contribution in [0, 0.1) is 11.3 Å². The fourth-order valence-electron chi connectivity index (χ4n) is 1.24. The smallest absolute Gasteiger partial charge is 0.0916 e. The molecule has 14 heavy (non-hydrogen) atoms. The zero-order chi connectivity index (χ0) is 10.6. The number of nitriles is 1. The molecule has 0 spiro atoms. The molecule has 0 bridgehead atoms. The van der Waals surface area contributed by atoms with Crippen LogP contribution in [0.25, 0.3) is 0 Å². The van der Waals surface area contributed by atoms with Gasteiger partial charge in [-0.05, 0) is 18.1 Å². The summed E-state index contributed by atoms with van der Waals surface area (Å²) in [4.78, 5) is 0. The van der Waals surface area contributed by atoms with E-state index in [4.69, 9.17) is 16.7 Å². The molecule has 1 atom stereocenters. The van der Waals surface area contributed by atoms with Crippen LogP contribution in [0.3, 0.4) is 0 Å². The minimum atomic E-state index is -0.590. The summed E-state index contributed by atoms with van der Waals surface area (Å²) in [5.41, 5.74) is 12.5. The first kappa shape index (κ1) is 10.7. The Morgan fingerprint density at radius 1 is 1.29 bits per heavy atom. The van der Waals surface area contributed by atoms with E-state index < -0.39 is 5.41 Å². The van der Waals surface area contributed by atoms with Crippen molar-refractivity contribution in [3.8, 4) is 6.07 Å². The zero-order valence-electron chi connectivity index (χ0n) is 8.33. The molecule has 1 aromatic carbocycles. The molecule has 0 aliphatic rings. The summed E-state index contributed by atoms with van der Waals surface area (Å²) in [6.07, 6.45) is 0. The third-order valence-electron chi connectivity index (χ3n) is 2.48. The van der Waals surface area contributed by atoms with Gasteiger partial charge < -0.3 is 11.5 Å². The maximum absolute atomic E-state index is 9.01. The van der Waals surface area contributed by atoms with E-state index in [9.17, 15) is 0 Å². The normalized spacial score (nSPS) is 14.4. The number of nitrogens with zero attached hydrogens (tertiary/aromatic N) is 1. The number of hydrogen-bond donors (Lipinski definition) is 2. The highest BCUT2D eigenvalue weighted by Crippen LogP contribution is 2.21. The van der Waals surface area contributed by atoms with Crippen molar-refractivity contribution < 1.29 is 0 Å². The number of benzene rings is 1. The van der Waals surface area contributed by atoms with Gasteiger partial charge in [-0.15, -0.1) is 0 Å². The van der Waals surface area contributed by atoms with Crippen LogP contribution in [0.2, 0.25) is 0 Å². The maximum Gasteiger partial charge on any atom is 0.0916 e. The van der Waals surface area contributed by atoms with Gasteiger partial charge in [0.15, 0.2) is 0 Å². The Balaban J connectivity index is 3.03. The van der Waals surface area contributed by atoms with Crippen LogP contribution in [-0.2, 0) is 12.0 Å². The highest BCUT2D eigenvalue weighted by atomic mass is 14.6. The minimum Gasteiger partial charge on any atom is -0.329 e. The number of hydrogen-bond acceptors (Lipinski definition) is 3. The molecule has 0 aliphatic carbocycles. The molecule has 0 aliphatic heterocycles. The molecule has 3 heteroatoms. The molecule has 3 nitrogen and oxygen atoms in total. The van der Waals surface area contributed by atoms with E-state index in [0.29, 0.717) is 13.1 Å². The third-order valence-corrected chi connectivity index (χ3v) is 2.48. The van der Waals surface area contributed by atoms with E-state index in [2.05, 4.69) is 6.07 Å². The largest absolute Gasteiger partial charge is 0.329 e. The van der Waals surface area contributed by atoms with Crippen molar-refractivity contribution in [3.05, 3.63) is 35.4 Å². The highest BCUT2D eigenvalue weighted by Gasteiger charge is 2.23. The van der Waals surface area contributed by atoms with Gasteiger partial charge in [-0.2, -0.15) is 5.26 Å². The molecule has 0 aromatic heterocycles. The van der Waals surface area contributed by atoms with Crippen LogP contribution >= 0.6 is 0 Å². The van der Waals surface area contributed by atoms with Gasteiger partial charge in [0.1, 0.15) is 0 Å². The molecule has 0 saturated carbocycles. The average molecular weight is 189 g/mol. The van der Waals surface area contributed by atoms with Crippen LogP contribution in [0.1, 0.15) is 18.1 Å². The van der Waals surface area contributed by atoms with Gasteiger partial charge in [0, 0.05) is 13.1 Å². The van der Waals surface area contributed by atoms with E-state index in [0.717, 1.165) is 11.1 Å². The first-order valence-electron chi connectivity index (χ1n) is 4.57. The van der Waals surface area contributed by atoms with Crippen LogP contribution in [-0.4, -0.2) is 6.54 Å². The third kappa shape index (κ3) is 1.92. The Kier molecular flexibility index (Phi) is 3.23. The highest BCUT2D eigenvalue weighted by molar-refractivity contribution is 5.34. The lowest BCUT2D eigenvalue weighted by Crippen LogP contribution is -2.29. The summed E-state index contributed by atoms with van der Waals surface area (Å²) in [7, 11) is 0. The van der Waals surface area contributed by atoms with Crippen molar-refractivity contribution in [2.24, 2.45) is 11.5 Å². The fourth-order valence-corrected chi connectivity index (χ4v) is 1.24. The van der Waals surface area contributed by atoms with E-state index in [-0.39, 0.29) is 0 Å². The molecule has 0 amide bonds.